The summed E-state index contributed by atoms with van der Waals surface area (Å²) in [6, 6.07) is 11.9. The van der Waals surface area contributed by atoms with Gasteiger partial charge in [0.1, 0.15) is 5.82 Å². The summed E-state index contributed by atoms with van der Waals surface area (Å²) in [7, 11) is -3.62. The Hall–Kier alpha value is -3.39. The summed E-state index contributed by atoms with van der Waals surface area (Å²) in [5, 5.41) is 1.16. The van der Waals surface area contributed by atoms with Gasteiger partial charge in [-0.15, -0.1) is 0 Å². The molecular formula is C26H28ClN7O4S2. The van der Waals surface area contributed by atoms with Crippen molar-refractivity contribution in [3.63, 3.8) is 0 Å². The Morgan fingerprint density at radius 3 is 2.52 bits per heavy atom. The molecule has 0 saturated carbocycles. The van der Waals surface area contributed by atoms with E-state index in [9.17, 15) is 18.0 Å². The van der Waals surface area contributed by atoms with Crippen molar-refractivity contribution in [2.45, 2.75) is 55.6 Å². The van der Waals surface area contributed by atoms with Crippen LogP contribution in [-0.2, 0) is 28.9 Å². The molecule has 0 aliphatic rings. The molecule has 3 aromatic heterocycles. The lowest BCUT2D eigenvalue weighted by Gasteiger charge is -2.07. The van der Waals surface area contributed by atoms with Gasteiger partial charge in [0.25, 0.3) is 5.56 Å². The molecule has 11 nitrogen and oxygen atoms in total. The Bertz CT molecular complexity index is 1910. The van der Waals surface area contributed by atoms with Gasteiger partial charge in [-0.05, 0) is 49.2 Å². The molecule has 0 saturated heterocycles. The SMILES string of the molecule is CCCCNS(=O)(=O)c1ccc2nc(SCc3nc4c(c(=O)[nH]c(=O)n4Cc4ccc(Cl)cc4)n3CC)[nH]c2c1. The molecule has 0 aliphatic carbocycles. The highest BCUT2D eigenvalue weighted by Gasteiger charge is 2.19. The zero-order valence-electron chi connectivity index (χ0n) is 21.9. The van der Waals surface area contributed by atoms with Crippen LogP contribution in [0, 0.1) is 0 Å². The first-order chi connectivity index (χ1) is 19.2. The number of nitrogens with zero attached hydrogens (tertiary/aromatic N) is 4. The molecule has 0 spiro atoms. The zero-order chi connectivity index (χ0) is 28.4. The van der Waals surface area contributed by atoms with Crippen molar-refractivity contribution in [1.29, 1.82) is 0 Å². The van der Waals surface area contributed by atoms with Crippen molar-refractivity contribution >= 4 is 55.6 Å². The molecule has 210 valence electrons. The van der Waals surface area contributed by atoms with E-state index >= 15 is 0 Å². The van der Waals surface area contributed by atoms with Crippen molar-refractivity contribution in [2.24, 2.45) is 0 Å². The normalized spacial score (nSPS) is 12.1. The number of fused-ring (bicyclic) bond motifs is 2. The first-order valence-electron chi connectivity index (χ1n) is 12.8. The fourth-order valence-electron chi connectivity index (χ4n) is 4.39. The van der Waals surface area contributed by atoms with Crippen LogP contribution in [0.3, 0.4) is 0 Å². The molecule has 14 heteroatoms. The van der Waals surface area contributed by atoms with Crippen LogP contribution in [0.2, 0.25) is 5.02 Å². The topological polar surface area (TPSA) is 148 Å². The van der Waals surface area contributed by atoms with Gasteiger partial charge in [0.15, 0.2) is 16.3 Å². The average Bonchev–Trinajstić information content (AvgIpc) is 3.51. The number of H-pyrrole nitrogens is 2. The standard InChI is InChI=1S/C26H28ClN7O4S2/c1-3-5-12-28-40(37,38)18-10-11-19-20(13-18)30-25(29-19)39-15-21-31-23-22(33(21)4-2)24(35)32-26(36)34(23)14-16-6-8-17(27)9-7-16/h6-11,13,28H,3-5,12,14-15H2,1-2H3,(H,29,30)(H,32,35,36). The summed E-state index contributed by atoms with van der Waals surface area (Å²) in [5.41, 5.74) is 1.65. The number of aromatic amines is 2. The largest absolute Gasteiger partial charge is 0.333 e. The first kappa shape index (κ1) is 28.1. The molecule has 0 unspecified atom stereocenters. The minimum absolute atomic E-state index is 0.168. The van der Waals surface area contributed by atoms with E-state index in [2.05, 4.69) is 19.7 Å². The molecule has 5 rings (SSSR count). The maximum absolute atomic E-state index is 12.8. The maximum Gasteiger partial charge on any atom is 0.330 e. The van der Waals surface area contributed by atoms with Crippen LogP contribution in [0.5, 0.6) is 0 Å². The number of rotatable bonds is 11. The van der Waals surface area contributed by atoms with E-state index < -0.39 is 21.3 Å². The van der Waals surface area contributed by atoms with Gasteiger partial charge >= 0.3 is 5.69 Å². The molecule has 0 radical (unpaired) electrons. The molecule has 0 fully saturated rings. The highest BCUT2D eigenvalue weighted by Crippen LogP contribution is 2.26. The fraction of sp³-hybridized carbons (Fsp3) is 0.308. The molecule has 0 atom stereocenters. The smallest absolute Gasteiger partial charge is 0.330 e. The number of hydrogen-bond acceptors (Lipinski definition) is 7. The van der Waals surface area contributed by atoms with E-state index in [0.29, 0.717) is 57.0 Å². The molecule has 0 bridgehead atoms. The third-order valence-electron chi connectivity index (χ3n) is 6.44. The summed E-state index contributed by atoms with van der Waals surface area (Å²) in [5.74, 6) is 0.966. The molecule has 0 amide bonds. The molecule has 3 N–H and O–H groups in total. The number of halogens is 1. The zero-order valence-corrected chi connectivity index (χ0v) is 24.3. The van der Waals surface area contributed by atoms with Crippen LogP contribution in [0.15, 0.2) is 62.1 Å². The van der Waals surface area contributed by atoms with Gasteiger partial charge in [0.2, 0.25) is 10.0 Å². The van der Waals surface area contributed by atoms with E-state index in [1.54, 1.807) is 28.8 Å². The number of benzene rings is 2. The van der Waals surface area contributed by atoms with E-state index in [1.807, 2.05) is 26.0 Å². The average molecular weight is 602 g/mol. The molecule has 0 aliphatic heterocycles. The van der Waals surface area contributed by atoms with Crippen LogP contribution in [0.4, 0.5) is 0 Å². The van der Waals surface area contributed by atoms with Gasteiger partial charge < -0.3 is 9.55 Å². The second-order valence-corrected chi connectivity index (χ2v) is 12.3. The van der Waals surface area contributed by atoms with Crippen LogP contribution in [0.1, 0.15) is 38.1 Å². The van der Waals surface area contributed by atoms with Crippen LogP contribution < -0.4 is 16.0 Å². The molecular weight excluding hydrogens is 574 g/mol. The number of hydrogen-bond donors (Lipinski definition) is 3. The van der Waals surface area contributed by atoms with Crippen LogP contribution in [0.25, 0.3) is 22.2 Å². The van der Waals surface area contributed by atoms with E-state index in [0.717, 1.165) is 18.4 Å². The number of aromatic nitrogens is 6. The third kappa shape index (κ3) is 5.73. The number of unbranched alkanes of at least 4 members (excludes halogenated alkanes) is 1. The lowest BCUT2D eigenvalue weighted by Crippen LogP contribution is -2.31. The second kappa shape index (κ2) is 11.6. The minimum Gasteiger partial charge on any atom is -0.333 e. The van der Waals surface area contributed by atoms with Gasteiger partial charge in [-0.3, -0.25) is 14.3 Å². The number of imidazole rings is 2. The number of thioether (sulfide) groups is 1. The van der Waals surface area contributed by atoms with Crippen molar-refractivity contribution in [2.75, 3.05) is 6.54 Å². The van der Waals surface area contributed by atoms with Gasteiger partial charge in [-0.25, -0.2) is 27.9 Å². The van der Waals surface area contributed by atoms with Gasteiger partial charge in [-0.1, -0.05) is 48.8 Å². The van der Waals surface area contributed by atoms with Crippen molar-refractivity contribution in [1.82, 2.24) is 33.8 Å². The van der Waals surface area contributed by atoms with Gasteiger partial charge in [-0.2, -0.15) is 0 Å². The van der Waals surface area contributed by atoms with Gasteiger partial charge in [0.05, 0.1) is 28.2 Å². The summed E-state index contributed by atoms with van der Waals surface area (Å²) in [6.07, 6.45) is 1.65. The van der Waals surface area contributed by atoms with Crippen molar-refractivity contribution in [3.05, 3.63) is 79.7 Å². The maximum atomic E-state index is 12.8. The lowest BCUT2D eigenvalue weighted by atomic mass is 10.2. The third-order valence-corrected chi connectivity index (χ3v) is 9.02. The highest BCUT2D eigenvalue weighted by atomic mass is 35.5. The summed E-state index contributed by atoms with van der Waals surface area (Å²) < 4.78 is 31.1. The Labute approximate surface area is 239 Å². The van der Waals surface area contributed by atoms with E-state index in [1.165, 1.54) is 22.4 Å². The number of aryl methyl sites for hydroxylation is 1. The van der Waals surface area contributed by atoms with Crippen LogP contribution in [-0.4, -0.2) is 44.0 Å². The second-order valence-electron chi connectivity index (χ2n) is 9.18. The number of sulfonamides is 1. The molecule has 5 aromatic rings. The Balaban J connectivity index is 1.43. The summed E-state index contributed by atoms with van der Waals surface area (Å²) in [6.45, 7) is 4.98. The van der Waals surface area contributed by atoms with Crippen LogP contribution >= 0.6 is 23.4 Å². The van der Waals surface area contributed by atoms with Gasteiger partial charge in [0, 0.05) is 18.1 Å². The minimum atomic E-state index is -3.62. The Morgan fingerprint density at radius 2 is 1.80 bits per heavy atom. The van der Waals surface area contributed by atoms with Crippen molar-refractivity contribution in [3.8, 4) is 0 Å². The molecule has 3 heterocycles. The molecule has 2 aromatic carbocycles. The van der Waals surface area contributed by atoms with E-state index in [4.69, 9.17) is 16.6 Å². The monoisotopic (exact) mass is 601 g/mol. The molecule has 40 heavy (non-hydrogen) atoms. The van der Waals surface area contributed by atoms with Crippen molar-refractivity contribution < 1.29 is 8.42 Å². The predicted octanol–water partition coefficient (Wildman–Crippen LogP) is 3.85. The highest BCUT2D eigenvalue weighted by molar-refractivity contribution is 7.98. The van der Waals surface area contributed by atoms with E-state index in [-0.39, 0.29) is 11.4 Å². The Kier molecular flexibility index (Phi) is 8.17. The first-order valence-corrected chi connectivity index (χ1v) is 15.6. The summed E-state index contributed by atoms with van der Waals surface area (Å²) >= 11 is 7.36. The lowest BCUT2D eigenvalue weighted by molar-refractivity contribution is 0.578. The quantitative estimate of drug-likeness (QED) is 0.154. The fourth-order valence-corrected chi connectivity index (χ4v) is 6.45. The number of nitrogens with one attached hydrogen (secondary N) is 3. The Morgan fingerprint density at radius 1 is 1.02 bits per heavy atom. The predicted molar refractivity (Wildman–Crippen MR) is 157 cm³/mol. The summed E-state index contributed by atoms with van der Waals surface area (Å²) in [4.78, 5) is 40.6.